The van der Waals surface area contributed by atoms with Gasteiger partial charge in [0.1, 0.15) is 6.04 Å². The largest absolute Gasteiger partial charge is 0.374 e. The molecule has 1 aliphatic heterocycles. The van der Waals surface area contributed by atoms with Gasteiger partial charge in [0, 0.05) is 30.2 Å². The van der Waals surface area contributed by atoms with Crippen molar-refractivity contribution in [3.05, 3.63) is 54.1 Å². The van der Waals surface area contributed by atoms with Gasteiger partial charge >= 0.3 is 0 Å². The molecule has 1 amide bonds. The van der Waals surface area contributed by atoms with Crippen LogP contribution in [-0.4, -0.2) is 25.0 Å². The lowest BCUT2D eigenvalue weighted by atomic mass is 10.1. The molecule has 2 aromatic carbocycles. The van der Waals surface area contributed by atoms with Crippen LogP contribution in [0.3, 0.4) is 0 Å². The summed E-state index contributed by atoms with van der Waals surface area (Å²) < 4.78 is 0. The highest BCUT2D eigenvalue weighted by Gasteiger charge is 2.14. The Hall–Kier alpha value is -3.00. The number of nitriles is 1. The summed E-state index contributed by atoms with van der Waals surface area (Å²) in [6.07, 6.45) is 3.83. The van der Waals surface area contributed by atoms with Crippen molar-refractivity contribution in [2.75, 3.05) is 28.6 Å². The number of rotatable bonds is 5. The standard InChI is InChI=1S/C21H24N4O/c1-16(21(26)24-19-7-5-17(15-22)6-8-19)23-18-9-11-20(12-10-18)25-13-3-2-4-14-25/h5-12,16,23H,2-4,13-14H2,1H3,(H,24,26)/t16-/m1/s1. The van der Waals surface area contributed by atoms with E-state index in [9.17, 15) is 4.79 Å². The van der Waals surface area contributed by atoms with Crippen molar-refractivity contribution >= 4 is 23.0 Å². The third-order valence-corrected chi connectivity index (χ3v) is 4.65. The molecule has 1 heterocycles. The monoisotopic (exact) mass is 348 g/mol. The summed E-state index contributed by atoms with van der Waals surface area (Å²) in [5.41, 5.74) is 3.42. The van der Waals surface area contributed by atoms with Crippen LogP contribution in [0.5, 0.6) is 0 Å². The molecule has 1 saturated heterocycles. The summed E-state index contributed by atoms with van der Waals surface area (Å²) in [7, 11) is 0. The number of hydrogen-bond acceptors (Lipinski definition) is 4. The molecule has 1 aliphatic rings. The summed E-state index contributed by atoms with van der Waals surface area (Å²) in [6, 6.07) is 16.8. The van der Waals surface area contributed by atoms with E-state index in [4.69, 9.17) is 5.26 Å². The zero-order chi connectivity index (χ0) is 18.4. The van der Waals surface area contributed by atoms with Gasteiger partial charge in [0.15, 0.2) is 0 Å². The molecule has 0 aromatic heterocycles. The van der Waals surface area contributed by atoms with E-state index in [1.807, 2.05) is 19.1 Å². The maximum absolute atomic E-state index is 12.3. The van der Waals surface area contributed by atoms with Crippen LogP contribution in [0.1, 0.15) is 31.7 Å². The molecule has 5 heteroatoms. The van der Waals surface area contributed by atoms with Crippen molar-refractivity contribution < 1.29 is 4.79 Å². The van der Waals surface area contributed by atoms with E-state index >= 15 is 0 Å². The van der Waals surface area contributed by atoms with Crippen LogP contribution >= 0.6 is 0 Å². The summed E-state index contributed by atoms with van der Waals surface area (Å²) in [4.78, 5) is 14.7. The van der Waals surface area contributed by atoms with Crippen LogP contribution in [-0.2, 0) is 4.79 Å². The molecule has 5 nitrogen and oxygen atoms in total. The predicted octanol–water partition coefficient (Wildman–Crippen LogP) is 3.99. The molecule has 0 spiro atoms. The summed E-state index contributed by atoms with van der Waals surface area (Å²) in [5, 5.41) is 14.9. The third-order valence-electron chi connectivity index (χ3n) is 4.65. The fraction of sp³-hybridized carbons (Fsp3) is 0.333. The first kappa shape index (κ1) is 17.8. The molecular weight excluding hydrogens is 324 g/mol. The highest BCUT2D eigenvalue weighted by Crippen LogP contribution is 2.22. The van der Waals surface area contributed by atoms with Crippen LogP contribution in [0.25, 0.3) is 0 Å². The van der Waals surface area contributed by atoms with Gasteiger partial charge < -0.3 is 15.5 Å². The number of carbonyl (C=O) groups excluding carboxylic acids is 1. The van der Waals surface area contributed by atoms with E-state index in [1.165, 1.54) is 24.9 Å². The van der Waals surface area contributed by atoms with Gasteiger partial charge in [0.2, 0.25) is 5.91 Å². The minimum atomic E-state index is -0.369. The Morgan fingerprint density at radius 2 is 1.62 bits per heavy atom. The first-order valence-corrected chi connectivity index (χ1v) is 9.08. The van der Waals surface area contributed by atoms with Crippen LogP contribution < -0.4 is 15.5 Å². The van der Waals surface area contributed by atoms with Gasteiger partial charge in [-0.05, 0) is 74.7 Å². The molecule has 0 saturated carbocycles. The smallest absolute Gasteiger partial charge is 0.246 e. The quantitative estimate of drug-likeness (QED) is 0.857. The fourth-order valence-corrected chi connectivity index (χ4v) is 3.11. The molecule has 0 bridgehead atoms. The maximum atomic E-state index is 12.3. The maximum Gasteiger partial charge on any atom is 0.246 e. The second kappa shape index (κ2) is 8.39. The fourth-order valence-electron chi connectivity index (χ4n) is 3.11. The van der Waals surface area contributed by atoms with Crippen molar-refractivity contribution in [2.45, 2.75) is 32.2 Å². The summed E-state index contributed by atoms with van der Waals surface area (Å²) >= 11 is 0. The Labute approximate surface area is 154 Å². The van der Waals surface area contributed by atoms with Crippen molar-refractivity contribution in [3.8, 4) is 6.07 Å². The van der Waals surface area contributed by atoms with Crippen molar-refractivity contribution in [3.63, 3.8) is 0 Å². The average molecular weight is 348 g/mol. The highest BCUT2D eigenvalue weighted by molar-refractivity contribution is 5.96. The molecule has 0 unspecified atom stereocenters. The molecule has 1 atom stereocenters. The highest BCUT2D eigenvalue weighted by atomic mass is 16.2. The Balaban J connectivity index is 1.55. The Bertz CT molecular complexity index is 771. The van der Waals surface area contributed by atoms with Crippen molar-refractivity contribution in [1.82, 2.24) is 0 Å². The number of benzene rings is 2. The Kier molecular flexibility index (Phi) is 5.75. The van der Waals surface area contributed by atoms with Gasteiger partial charge in [-0.3, -0.25) is 4.79 Å². The van der Waals surface area contributed by atoms with Gasteiger partial charge in [-0.25, -0.2) is 0 Å². The SMILES string of the molecule is C[C@@H](Nc1ccc(N2CCCCC2)cc1)C(=O)Nc1ccc(C#N)cc1. The van der Waals surface area contributed by atoms with E-state index in [1.54, 1.807) is 24.3 Å². The first-order valence-electron chi connectivity index (χ1n) is 9.08. The molecule has 3 rings (SSSR count). The predicted molar refractivity (Wildman–Crippen MR) is 105 cm³/mol. The number of carbonyl (C=O) groups is 1. The van der Waals surface area contributed by atoms with E-state index in [-0.39, 0.29) is 11.9 Å². The number of nitrogens with one attached hydrogen (secondary N) is 2. The number of piperidine rings is 1. The summed E-state index contributed by atoms with van der Waals surface area (Å²) in [6.45, 7) is 4.07. The molecule has 26 heavy (non-hydrogen) atoms. The minimum absolute atomic E-state index is 0.116. The lowest BCUT2D eigenvalue weighted by molar-refractivity contribution is -0.116. The normalized spacial score (nSPS) is 15.0. The van der Waals surface area contributed by atoms with Crippen LogP contribution in [0.15, 0.2) is 48.5 Å². The zero-order valence-corrected chi connectivity index (χ0v) is 15.0. The average Bonchev–Trinajstić information content (AvgIpc) is 2.70. The van der Waals surface area contributed by atoms with Gasteiger partial charge in [0.05, 0.1) is 11.6 Å². The molecule has 2 N–H and O–H groups in total. The lowest BCUT2D eigenvalue weighted by Crippen LogP contribution is -2.32. The molecular formula is C21H24N4O. The van der Waals surface area contributed by atoms with Crippen LogP contribution in [0.4, 0.5) is 17.1 Å². The van der Waals surface area contributed by atoms with Crippen LogP contribution in [0.2, 0.25) is 0 Å². The second-order valence-corrected chi connectivity index (χ2v) is 6.64. The van der Waals surface area contributed by atoms with E-state index in [0.717, 1.165) is 18.8 Å². The Morgan fingerprint density at radius 3 is 2.23 bits per heavy atom. The number of anilines is 3. The number of amides is 1. The molecule has 134 valence electrons. The van der Waals surface area contributed by atoms with Gasteiger partial charge in [-0.15, -0.1) is 0 Å². The van der Waals surface area contributed by atoms with Crippen molar-refractivity contribution in [1.29, 1.82) is 5.26 Å². The first-order chi connectivity index (χ1) is 12.7. The van der Waals surface area contributed by atoms with Crippen molar-refractivity contribution in [2.24, 2.45) is 0 Å². The Morgan fingerprint density at radius 1 is 1.00 bits per heavy atom. The third kappa shape index (κ3) is 4.54. The van der Waals surface area contributed by atoms with E-state index < -0.39 is 0 Å². The number of hydrogen-bond donors (Lipinski definition) is 2. The molecule has 0 radical (unpaired) electrons. The van der Waals surface area contributed by atoms with Gasteiger partial charge in [-0.1, -0.05) is 0 Å². The topological polar surface area (TPSA) is 68.2 Å². The zero-order valence-electron chi connectivity index (χ0n) is 15.0. The van der Waals surface area contributed by atoms with E-state index in [2.05, 4.69) is 33.7 Å². The van der Waals surface area contributed by atoms with E-state index in [0.29, 0.717) is 11.3 Å². The molecule has 0 aliphatic carbocycles. The van der Waals surface area contributed by atoms with Gasteiger partial charge in [0.25, 0.3) is 0 Å². The van der Waals surface area contributed by atoms with Gasteiger partial charge in [-0.2, -0.15) is 5.26 Å². The lowest BCUT2D eigenvalue weighted by Gasteiger charge is -2.29. The molecule has 2 aromatic rings. The van der Waals surface area contributed by atoms with Crippen LogP contribution in [0, 0.1) is 11.3 Å². The minimum Gasteiger partial charge on any atom is -0.374 e. The number of nitrogens with zero attached hydrogens (tertiary/aromatic N) is 2. The molecule has 1 fully saturated rings. The second-order valence-electron chi connectivity index (χ2n) is 6.64. The summed E-state index contributed by atoms with van der Waals surface area (Å²) in [5.74, 6) is -0.116.